The number of aliphatic hydroxyl groups is 2. The average molecular weight is 923 g/mol. The first-order valence-electron chi connectivity index (χ1n) is 21.5. The number of rotatable bonds is 17. The predicted molar refractivity (Wildman–Crippen MR) is 265 cm³/mol. The Hall–Kier alpha value is -6.08. The van der Waals surface area contributed by atoms with Gasteiger partial charge in [0.05, 0.1) is 52.4 Å². The standard InChI is InChI=1S/C26H30ClN3O3.C18H20O3.C8H11ClN2/c1-3-30(29)23-12-11-21(25(27)26(23)28)22(19-10-9-17(2)20(13-19)15-31)14-24(32)33-16-18-7-5-4-6-8-18;1-14-7-8-15(11-17(14)12-19)9-10-18(20)21-13-16-5-3-2-4-6-16;1-2-11-7-5-3-4-6(9)8(7)10/h4-13,22,31H,3,14-16,28-29H2,1-2H3;2-8,11,19H,9-10,12-13H2,1H3;3-5,11H,2,10H2,1H3. The largest absolute Gasteiger partial charge is 0.461 e. The number of benzene rings is 6. The van der Waals surface area contributed by atoms with E-state index in [0.29, 0.717) is 58.7 Å². The van der Waals surface area contributed by atoms with Gasteiger partial charge in [0.25, 0.3) is 0 Å². The number of para-hydroxylation sites is 1. The predicted octanol–water partition coefficient (Wildman–Crippen LogP) is 10.2. The Labute approximate surface area is 393 Å². The van der Waals surface area contributed by atoms with Crippen LogP contribution in [0.1, 0.15) is 82.7 Å². The number of carbonyl (C=O) groups excluding carboxylic acids is 2. The number of nitrogens with zero attached hydrogens (tertiary/aromatic N) is 1. The number of nitrogen functional groups attached to an aromatic ring is 2. The second-order valence-electron chi connectivity index (χ2n) is 15.2. The third-order valence-corrected chi connectivity index (χ3v) is 11.4. The van der Waals surface area contributed by atoms with Crippen molar-refractivity contribution < 1.29 is 29.3 Å². The first-order valence-corrected chi connectivity index (χ1v) is 22.2. The Morgan fingerprint density at radius 1 is 0.692 bits per heavy atom. The highest BCUT2D eigenvalue weighted by Gasteiger charge is 2.25. The lowest BCUT2D eigenvalue weighted by Gasteiger charge is -2.24. The molecule has 1 unspecified atom stereocenters. The number of anilines is 4. The Bertz CT molecular complexity index is 2440. The highest BCUT2D eigenvalue weighted by atomic mass is 35.5. The maximum atomic E-state index is 12.8. The number of carbonyl (C=O) groups is 2. The number of aliphatic hydroxyl groups excluding tert-OH is 2. The fourth-order valence-corrected chi connectivity index (χ4v) is 7.19. The van der Waals surface area contributed by atoms with E-state index in [9.17, 15) is 19.8 Å². The van der Waals surface area contributed by atoms with Gasteiger partial charge in [-0.1, -0.05) is 132 Å². The fraction of sp³-hybridized carbons (Fsp3) is 0.269. The van der Waals surface area contributed by atoms with Gasteiger partial charge in [-0.2, -0.15) is 0 Å². The van der Waals surface area contributed by atoms with Crippen LogP contribution < -0.4 is 27.6 Å². The Kier molecular flexibility index (Phi) is 21.1. The molecule has 6 aromatic carbocycles. The van der Waals surface area contributed by atoms with Crippen LogP contribution in [0.5, 0.6) is 0 Å². The number of esters is 2. The summed E-state index contributed by atoms with van der Waals surface area (Å²) in [4.78, 5) is 24.6. The molecule has 0 aliphatic heterocycles. The lowest BCUT2D eigenvalue weighted by molar-refractivity contribution is -0.146. The monoisotopic (exact) mass is 921 g/mol. The number of hydrogen-bond acceptors (Lipinski definition) is 11. The molecular formula is C52H61Cl2N5O6. The molecule has 0 bridgehead atoms. The van der Waals surface area contributed by atoms with E-state index >= 15 is 0 Å². The van der Waals surface area contributed by atoms with Crippen molar-refractivity contribution in [1.29, 1.82) is 0 Å². The molecule has 0 aliphatic rings. The summed E-state index contributed by atoms with van der Waals surface area (Å²) in [5.74, 6) is 5.06. The number of nitrogens with one attached hydrogen (secondary N) is 1. The van der Waals surface area contributed by atoms with Crippen LogP contribution in [0.2, 0.25) is 10.0 Å². The molecule has 1 atom stereocenters. The minimum absolute atomic E-state index is 0.0259. The van der Waals surface area contributed by atoms with Crippen molar-refractivity contribution in [2.24, 2.45) is 5.84 Å². The summed E-state index contributed by atoms with van der Waals surface area (Å²) in [6.45, 7) is 9.66. The summed E-state index contributed by atoms with van der Waals surface area (Å²) in [5, 5.41) is 24.6. The number of ether oxygens (including phenoxy) is 2. The smallest absolute Gasteiger partial charge is 0.307 e. The van der Waals surface area contributed by atoms with E-state index in [0.717, 1.165) is 56.7 Å². The third kappa shape index (κ3) is 15.8. The Balaban J connectivity index is 0.000000244. The van der Waals surface area contributed by atoms with E-state index in [-0.39, 0.29) is 38.2 Å². The number of aryl methyl sites for hydroxylation is 3. The van der Waals surface area contributed by atoms with Gasteiger partial charge >= 0.3 is 11.9 Å². The summed E-state index contributed by atoms with van der Waals surface area (Å²) in [6.07, 6.45) is 1.04. The molecule has 0 fully saturated rings. The molecule has 6 rings (SSSR count). The minimum atomic E-state index is -0.407. The summed E-state index contributed by atoms with van der Waals surface area (Å²) in [7, 11) is 0. The molecule has 0 amide bonds. The maximum absolute atomic E-state index is 12.8. The topological polar surface area (TPSA) is 186 Å². The summed E-state index contributed by atoms with van der Waals surface area (Å²) in [6, 6.07) is 40.0. The van der Waals surface area contributed by atoms with Gasteiger partial charge in [0.15, 0.2) is 0 Å². The van der Waals surface area contributed by atoms with Crippen molar-refractivity contribution in [2.75, 3.05) is 34.9 Å². The van der Waals surface area contributed by atoms with Crippen LogP contribution in [0.15, 0.2) is 127 Å². The van der Waals surface area contributed by atoms with Gasteiger partial charge in [-0.3, -0.25) is 9.59 Å². The minimum Gasteiger partial charge on any atom is -0.461 e. The van der Waals surface area contributed by atoms with Crippen molar-refractivity contribution in [2.45, 2.75) is 79.3 Å². The summed E-state index contributed by atoms with van der Waals surface area (Å²) >= 11 is 12.5. The van der Waals surface area contributed by atoms with Crippen LogP contribution in [0.3, 0.4) is 0 Å². The van der Waals surface area contributed by atoms with Crippen LogP contribution in [-0.2, 0) is 51.9 Å². The molecule has 0 aliphatic carbocycles. The lowest BCUT2D eigenvalue weighted by atomic mass is 9.86. The molecule has 0 heterocycles. The van der Waals surface area contributed by atoms with Gasteiger partial charge in [-0.05, 0) is 102 Å². The molecule has 13 heteroatoms. The quantitative estimate of drug-likeness (QED) is 0.0221. The average Bonchev–Trinajstić information content (AvgIpc) is 3.32. The first kappa shape index (κ1) is 51.6. The normalized spacial score (nSPS) is 11.0. The van der Waals surface area contributed by atoms with Crippen LogP contribution in [0.25, 0.3) is 0 Å². The molecular weight excluding hydrogens is 862 g/mol. The molecule has 344 valence electrons. The highest BCUT2D eigenvalue weighted by Crippen LogP contribution is 2.40. The SMILES string of the molecule is CCN(N)c1ccc(C(CC(=O)OCc2ccccc2)c2ccc(C)c(CO)c2)c(Cl)c1N.CCNc1cccc(Cl)c1N.Cc1ccc(CCC(=O)OCc2ccccc2)cc1CO. The Morgan fingerprint density at radius 2 is 1.28 bits per heavy atom. The van der Waals surface area contributed by atoms with Crippen LogP contribution in [-0.4, -0.2) is 35.2 Å². The van der Waals surface area contributed by atoms with Gasteiger partial charge < -0.3 is 41.5 Å². The van der Waals surface area contributed by atoms with Crippen molar-refractivity contribution >= 4 is 57.9 Å². The molecule has 65 heavy (non-hydrogen) atoms. The summed E-state index contributed by atoms with van der Waals surface area (Å²) < 4.78 is 10.8. The molecule has 0 saturated heterocycles. The van der Waals surface area contributed by atoms with Gasteiger partial charge in [0.2, 0.25) is 0 Å². The second kappa shape index (κ2) is 26.6. The van der Waals surface area contributed by atoms with E-state index in [1.165, 1.54) is 5.01 Å². The first-order chi connectivity index (χ1) is 31.3. The molecule has 0 radical (unpaired) electrons. The molecule has 0 spiro atoms. The van der Waals surface area contributed by atoms with Crippen LogP contribution in [0, 0.1) is 13.8 Å². The maximum Gasteiger partial charge on any atom is 0.307 e. The van der Waals surface area contributed by atoms with Crippen molar-refractivity contribution in [1.82, 2.24) is 0 Å². The van der Waals surface area contributed by atoms with Gasteiger partial charge in [-0.15, -0.1) is 0 Å². The van der Waals surface area contributed by atoms with Gasteiger partial charge in [0.1, 0.15) is 13.2 Å². The van der Waals surface area contributed by atoms with Gasteiger partial charge in [-0.25, -0.2) is 5.84 Å². The fourth-order valence-electron chi connectivity index (χ4n) is 6.73. The molecule has 11 nitrogen and oxygen atoms in total. The highest BCUT2D eigenvalue weighted by molar-refractivity contribution is 6.34. The van der Waals surface area contributed by atoms with E-state index in [2.05, 4.69) is 5.32 Å². The van der Waals surface area contributed by atoms with Crippen LogP contribution >= 0.6 is 23.2 Å². The number of halogens is 2. The molecule has 0 saturated carbocycles. The van der Waals surface area contributed by atoms with Crippen molar-refractivity contribution in [3.63, 3.8) is 0 Å². The van der Waals surface area contributed by atoms with Crippen molar-refractivity contribution in [3.05, 3.63) is 188 Å². The molecule has 9 N–H and O–H groups in total. The van der Waals surface area contributed by atoms with Crippen molar-refractivity contribution in [3.8, 4) is 0 Å². The zero-order valence-electron chi connectivity index (χ0n) is 37.5. The molecule has 0 aromatic heterocycles. The van der Waals surface area contributed by atoms with E-state index < -0.39 is 5.92 Å². The zero-order valence-corrected chi connectivity index (χ0v) is 39.0. The van der Waals surface area contributed by atoms with Crippen LogP contribution in [0.4, 0.5) is 22.7 Å². The van der Waals surface area contributed by atoms with Gasteiger partial charge in [0, 0.05) is 25.4 Å². The number of nitrogens with two attached hydrogens (primary N) is 3. The summed E-state index contributed by atoms with van der Waals surface area (Å²) in [5.41, 5.74) is 22.7. The van der Waals surface area contributed by atoms with E-state index in [4.69, 9.17) is 50.0 Å². The second-order valence-corrected chi connectivity index (χ2v) is 16.0. The lowest BCUT2D eigenvalue weighted by Crippen LogP contribution is -2.31. The third-order valence-electron chi connectivity index (χ3n) is 10.6. The molecule has 6 aromatic rings. The Morgan fingerprint density at radius 3 is 1.86 bits per heavy atom. The number of hydrazine groups is 1. The number of hydrogen-bond donors (Lipinski definition) is 6. The van der Waals surface area contributed by atoms with E-state index in [1.54, 1.807) is 6.07 Å². The zero-order chi connectivity index (χ0) is 47.3. The van der Waals surface area contributed by atoms with E-state index in [1.807, 2.05) is 149 Å².